The zero-order valence-electron chi connectivity index (χ0n) is 8.09. The van der Waals surface area contributed by atoms with Crippen LogP contribution in [-0.4, -0.2) is 11.1 Å². The molecule has 1 aromatic carbocycles. The van der Waals surface area contributed by atoms with Crippen LogP contribution in [0.25, 0.3) is 0 Å². The number of hydrogen-bond donors (Lipinski definition) is 0. The highest BCUT2D eigenvalue weighted by Crippen LogP contribution is 2.20. The third kappa shape index (κ3) is 3.61. The summed E-state index contributed by atoms with van der Waals surface area (Å²) in [5.41, 5.74) is 2.79. The minimum absolute atomic E-state index is 0.543. The summed E-state index contributed by atoms with van der Waals surface area (Å²) in [4.78, 5) is 0. The van der Waals surface area contributed by atoms with Crippen LogP contribution < -0.4 is 0 Å². The third-order valence-electron chi connectivity index (χ3n) is 2.00. The molecule has 0 bridgehead atoms. The number of thioether (sulfide) groups is 1. The second-order valence-electron chi connectivity index (χ2n) is 3.20. The summed E-state index contributed by atoms with van der Waals surface area (Å²) in [6, 6.07) is 8.51. The lowest BCUT2D eigenvalue weighted by Gasteiger charge is -2.08. The van der Waals surface area contributed by atoms with Gasteiger partial charge in [-0.15, -0.1) is 11.6 Å². The maximum atomic E-state index is 5.74. The lowest BCUT2D eigenvalue weighted by Crippen LogP contribution is -1.98. The SMILES string of the molecule is Cc1ccccc1CSC(C)CCl. The fourth-order valence-corrected chi connectivity index (χ4v) is 2.19. The van der Waals surface area contributed by atoms with Crippen molar-refractivity contribution in [1.29, 1.82) is 0 Å². The molecular weight excluding hydrogens is 200 g/mol. The summed E-state index contributed by atoms with van der Waals surface area (Å²) in [5.74, 6) is 1.80. The van der Waals surface area contributed by atoms with E-state index in [1.54, 1.807) is 0 Å². The average Bonchev–Trinajstić information content (AvgIpc) is 2.16. The number of hydrogen-bond acceptors (Lipinski definition) is 1. The lowest BCUT2D eigenvalue weighted by molar-refractivity contribution is 1.11. The van der Waals surface area contributed by atoms with Crippen molar-refractivity contribution in [3.8, 4) is 0 Å². The molecule has 1 rings (SSSR count). The molecule has 0 saturated heterocycles. The second kappa shape index (κ2) is 5.56. The average molecular weight is 215 g/mol. The van der Waals surface area contributed by atoms with Gasteiger partial charge in [0.2, 0.25) is 0 Å². The maximum Gasteiger partial charge on any atom is 0.0340 e. The Morgan fingerprint density at radius 2 is 2.08 bits per heavy atom. The first-order chi connectivity index (χ1) is 6.24. The number of alkyl halides is 1. The summed E-state index contributed by atoms with van der Waals surface area (Å²) >= 11 is 7.65. The first-order valence-electron chi connectivity index (χ1n) is 4.46. The molecule has 0 N–H and O–H groups in total. The highest BCUT2D eigenvalue weighted by Gasteiger charge is 2.02. The van der Waals surface area contributed by atoms with Gasteiger partial charge in [0, 0.05) is 16.9 Å². The minimum Gasteiger partial charge on any atom is -0.153 e. The third-order valence-corrected chi connectivity index (χ3v) is 3.86. The summed E-state index contributed by atoms with van der Waals surface area (Å²) in [6.07, 6.45) is 0. The van der Waals surface area contributed by atoms with Gasteiger partial charge in [0.25, 0.3) is 0 Å². The van der Waals surface area contributed by atoms with Crippen LogP contribution in [0.1, 0.15) is 18.1 Å². The smallest absolute Gasteiger partial charge is 0.0340 e. The van der Waals surface area contributed by atoms with Crippen molar-refractivity contribution in [3.05, 3.63) is 35.4 Å². The van der Waals surface area contributed by atoms with Gasteiger partial charge in [-0.1, -0.05) is 31.2 Å². The van der Waals surface area contributed by atoms with Gasteiger partial charge < -0.3 is 0 Å². The van der Waals surface area contributed by atoms with E-state index in [4.69, 9.17) is 11.6 Å². The van der Waals surface area contributed by atoms with E-state index < -0.39 is 0 Å². The minimum atomic E-state index is 0.543. The molecule has 0 aromatic heterocycles. The predicted molar refractivity (Wildman–Crippen MR) is 62.7 cm³/mol. The van der Waals surface area contributed by atoms with Crippen LogP contribution in [0.3, 0.4) is 0 Å². The van der Waals surface area contributed by atoms with Gasteiger partial charge in [-0.05, 0) is 18.1 Å². The highest BCUT2D eigenvalue weighted by molar-refractivity contribution is 7.99. The summed E-state index contributed by atoms with van der Waals surface area (Å²) in [6.45, 7) is 4.32. The van der Waals surface area contributed by atoms with Crippen molar-refractivity contribution in [2.45, 2.75) is 24.9 Å². The molecule has 72 valence electrons. The van der Waals surface area contributed by atoms with Gasteiger partial charge >= 0.3 is 0 Å². The maximum absolute atomic E-state index is 5.74. The van der Waals surface area contributed by atoms with Gasteiger partial charge in [0.1, 0.15) is 0 Å². The first kappa shape index (κ1) is 10.9. The highest BCUT2D eigenvalue weighted by atomic mass is 35.5. The Balaban J connectivity index is 2.50. The van der Waals surface area contributed by atoms with Gasteiger partial charge in [-0.2, -0.15) is 11.8 Å². The lowest BCUT2D eigenvalue weighted by atomic mass is 10.1. The van der Waals surface area contributed by atoms with Crippen LogP contribution in [0.15, 0.2) is 24.3 Å². The second-order valence-corrected chi connectivity index (χ2v) is 4.94. The molecule has 0 saturated carbocycles. The van der Waals surface area contributed by atoms with Crippen LogP contribution in [0.5, 0.6) is 0 Å². The summed E-state index contributed by atoms with van der Waals surface area (Å²) in [7, 11) is 0. The number of aryl methyl sites for hydroxylation is 1. The van der Waals surface area contributed by atoms with E-state index in [0.717, 1.165) is 11.6 Å². The van der Waals surface area contributed by atoms with Crippen molar-refractivity contribution in [2.24, 2.45) is 0 Å². The van der Waals surface area contributed by atoms with Gasteiger partial charge in [-0.25, -0.2) is 0 Å². The molecule has 1 aromatic rings. The molecule has 1 unspecified atom stereocenters. The molecule has 0 spiro atoms. The van der Waals surface area contributed by atoms with Crippen molar-refractivity contribution in [2.75, 3.05) is 5.88 Å². The van der Waals surface area contributed by atoms with E-state index in [9.17, 15) is 0 Å². The van der Waals surface area contributed by atoms with Gasteiger partial charge in [0.05, 0.1) is 0 Å². The Hall–Kier alpha value is -0.140. The van der Waals surface area contributed by atoms with E-state index in [-0.39, 0.29) is 0 Å². The molecule has 0 aliphatic carbocycles. The zero-order chi connectivity index (χ0) is 9.68. The quantitative estimate of drug-likeness (QED) is 0.686. The van der Waals surface area contributed by atoms with Gasteiger partial charge in [0.15, 0.2) is 0 Å². The molecular formula is C11H15ClS. The molecule has 2 heteroatoms. The standard InChI is InChI=1S/C11H15ClS/c1-9-5-3-4-6-11(9)8-13-10(2)7-12/h3-6,10H,7-8H2,1-2H3. The van der Waals surface area contributed by atoms with E-state index in [1.165, 1.54) is 11.1 Å². The molecule has 13 heavy (non-hydrogen) atoms. The zero-order valence-corrected chi connectivity index (χ0v) is 9.66. The van der Waals surface area contributed by atoms with Crippen molar-refractivity contribution >= 4 is 23.4 Å². The molecule has 0 radical (unpaired) electrons. The largest absolute Gasteiger partial charge is 0.153 e. The van der Waals surface area contributed by atoms with Crippen LogP contribution in [0, 0.1) is 6.92 Å². The topological polar surface area (TPSA) is 0 Å². The number of rotatable bonds is 4. The molecule has 0 fully saturated rings. The summed E-state index contributed by atoms with van der Waals surface area (Å²) < 4.78 is 0. The Morgan fingerprint density at radius 3 is 2.69 bits per heavy atom. The first-order valence-corrected chi connectivity index (χ1v) is 6.04. The Morgan fingerprint density at radius 1 is 1.38 bits per heavy atom. The molecule has 0 nitrogen and oxygen atoms in total. The Labute approximate surface area is 89.7 Å². The Kier molecular flexibility index (Phi) is 4.68. The molecule has 0 aliphatic rings. The fraction of sp³-hybridized carbons (Fsp3) is 0.455. The number of benzene rings is 1. The van der Waals surface area contributed by atoms with E-state index in [1.807, 2.05) is 11.8 Å². The van der Waals surface area contributed by atoms with Crippen LogP contribution in [-0.2, 0) is 5.75 Å². The van der Waals surface area contributed by atoms with Crippen LogP contribution >= 0.6 is 23.4 Å². The molecule has 1 atom stereocenters. The monoisotopic (exact) mass is 214 g/mol. The van der Waals surface area contributed by atoms with Crippen molar-refractivity contribution < 1.29 is 0 Å². The molecule has 0 amide bonds. The van der Waals surface area contributed by atoms with Crippen molar-refractivity contribution in [3.63, 3.8) is 0 Å². The van der Waals surface area contributed by atoms with E-state index >= 15 is 0 Å². The molecule has 0 aliphatic heterocycles. The van der Waals surface area contributed by atoms with Gasteiger partial charge in [-0.3, -0.25) is 0 Å². The Bertz CT molecular complexity index is 260. The molecule has 0 heterocycles. The van der Waals surface area contributed by atoms with Crippen LogP contribution in [0.4, 0.5) is 0 Å². The van der Waals surface area contributed by atoms with Crippen LogP contribution in [0.2, 0.25) is 0 Å². The normalized spacial score (nSPS) is 12.8. The van der Waals surface area contributed by atoms with Crippen molar-refractivity contribution in [1.82, 2.24) is 0 Å². The number of halogens is 1. The van der Waals surface area contributed by atoms with E-state index in [2.05, 4.69) is 38.1 Å². The van der Waals surface area contributed by atoms with E-state index in [0.29, 0.717) is 5.25 Å². The fourth-order valence-electron chi connectivity index (χ4n) is 1.05. The summed E-state index contributed by atoms with van der Waals surface area (Å²) in [5, 5.41) is 0.543. The predicted octanol–water partition coefficient (Wildman–Crippen LogP) is 3.86.